The van der Waals surface area contributed by atoms with Crippen molar-refractivity contribution in [3.63, 3.8) is 0 Å². The first-order valence-electron chi connectivity index (χ1n) is 16.6. The minimum atomic E-state index is 0.777. The van der Waals surface area contributed by atoms with E-state index in [0.29, 0.717) is 0 Å². The lowest BCUT2D eigenvalue weighted by atomic mass is 9.84. The van der Waals surface area contributed by atoms with Crippen LogP contribution < -0.4 is 0 Å². The zero-order valence-electron chi connectivity index (χ0n) is 26.2. The van der Waals surface area contributed by atoms with E-state index in [1.54, 1.807) is 0 Å². The number of rotatable bonds is 3. The van der Waals surface area contributed by atoms with Gasteiger partial charge in [0.1, 0.15) is 11.3 Å². The predicted molar refractivity (Wildman–Crippen MR) is 208 cm³/mol. The third-order valence-electron chi connectivity index (χ3n) is 10.1. The molecule has 0 N–H and O–H groups in total. The molecule has 0 radical (unpaired) electrons. The van der Waals surface area contributed by atoms with Crippen molar-refractivity contribution >= 4 is 86.0 Å². The Bertz CT molecular complexity index is 3050. The van der Waals surface area contributed by atoms with E-state index in [-0.39, 0.29) is 0 Å². The number of fused-ring (bicyclic) bond motifs is 10. The van der Waals surface area contributed by atoms with Gasteiger partial charge in [-0.05, 0) is 74.1 Å². The van der Waals surface area contributed by atoms with Gasteiger partial charge in [-0.2, -0.15) is 0 Å². The van der Waals surface area contributed by atoms with Gasteiger partial charge in [-0.15, -0.1) is 11.3 Å². The summed E-state index contributed by atoms with van der Waals surface area (Å²) in [5, 5.41) is 10.7. The molecular formula is C46H26O2S. The van der Waals surface area contributed by atoms with Crippen molar-refractivity contribution in [2.75, 3.05) is 0 Å². The van der Waals surface area contributed by atoms with Crippen LogP contribution in [0.3, 0.4) is 0 Å². The summed E-state index contributed by atoms with van der Waals surface area (Å²) in [6.45, 7) is 0. The number of hydrogen-bond acceptors (Lipinski definition) is 3. The van der Waals surface area contributed by atoms with Crippen molar-refractivity contribution in [2.24, 2.45) is 0 Å². The summed E-state index contributed by atoms with van der Waals surface area (Å²) in [7, 11) is 0. The second kappa shape index (κ2) is 10.2. The van der Waals surface area contributed by atoms with Gasteiger partial charge >= 0.3 is 0 Å². The normalized spacial score (nSPS) is 12.1. The maximum Gasteiger partial charge on any atom is 0.178 e. The van der Waals surface area contributed by atoms with Crippen molar-refractivity contribution in [1.29, 1.82) is 0 Å². The summed E-state index contributed by atoms with van der Waals surface area (Å²) in [4.78, 5) is 0. The van der Waals surface area contributed by atoms with E-state index < -0.39 is 0 Å². The largest absolute Gasteiger partial charge is 0.452 e. The van der Waals surface area contributed by atoms with E-state index in [1.165, 1.54) is 58.4 Å². The van der Waals surface area contributed by atoms with Gasteiger partial charge in [-0.1, -0.05) is 127 Å². The topological polar surface area (TPSA) is 26.3 Å². The van der Waals surface area contributed by atoms with Crippen molar-refractivity contribution in [3.05, 3.63) is 158 Å². The second-order valence-corrected chi connectivity index (χ2v) is 13.8. The highest BCUT2D eigenvalue weighted by Gasteiger charge is 2.23. The average molecular weight is 643 g/mol. The molecule has 0 spiro atoms. The lowest BCUT2D eigenvalue weighted by Crippen LogP contribution is -1.91. The van der Waals surface area contributed by atoms with Crippen LogP contribution >= 0.6 is 11.3 Å². The van der Waals surface area contributed by atoms with Gasteiger partial charge in [0, 0.05) is 41.9 Å². The molecule has 0 aliphatic heterocycles. The summed E-state index contributed by atoms with van der Waals surface area (Å²) in [5.41, 5.74) is 8.38. The maximum atomic E-state index is 6.68. The molecule has 0 bridgehead atoms. The molecule has 2 nitrogen and oxygen atoms in total. The quantitative estimate of drug-likeness (QED) is 0.179. The molecule has 49 heavy (non-hydrogen) atoms. The van der Waals surface area contributed by atoms with Crippen LogP contribution in [0.5, 0.6) is 0 Å². The minimum absolute atomic E-state index is 0.777. The molecular weight excluding hydrogens is 617 g/mol. The molecule has 3 heterocycles. The lowest BCUT2D eigenvalue weighted by Gasteiger charge is -2.19. The summed E-state index contributed by atoms with van der Waals surface area (Å²) in [6.07, 6.45) is 0. The Kier molecular flexibility index (Phi) is 5.57. The molecule has 0 saturated carbocycles. The zero-order chi connectivity index (χ0) is 32.1. The first-order chi connectivity index (χ1) is 24.3. The molecule has 11 rings (SSSR count). The first kappa shape index (κ1) is 26.9. The number of thiophene rings is 1. The Morgan fingerprint density at radius 1 is 0.388 bits per heavy atom. The zero-order valence-corrected chi connectivity index (χ0v) is 27.1. The van der Waals surface area contributed by atoms with Gasteiger partial charge in [0.2, 0.25) is 0 Å². The van der Waals surface area contributed by atoms with Gasteiger partial charge in [-0.3, -0.25) is 0 Å². The molecule has 0 unspecified atom stereocenters. The van der Waals surface area contributed by atoms with Crippen molar-refractivity contribution in [1.82, 2.24) is 0 Å². The predicted octanol–water partition coefficient (Wildman–Crippen LogP) is 14.0. The molecule has 8 aromatic carbocycles. The molecule has 11 aromatic rings. The van der Waals surface area contributed by atoms with Crippen LogP contribution in [-0.4, -0.2) is 0 Å². The smallest absolute Gasteiger partial charge is 0.178 e. The van der Waals surface area contributed by atoms with Crippen LogP contribution in [0, 0.1) is 0 Å². The van der Waals surface area contributed by atoms with Crippen LogP contribution in [0.15, 0.2) is 167 Å². The van der Waals surface area contributed by atoms with Gasteiger partial charge < -0.3 is 8.83 Å². The van der Waals surface area contributed by atoms with Gasteiger partial charge in [0.25, 0.3) is 0 Å². The van der Waals surface area contributed by atoms with Gasteiger partial charge in [0.05, 0.1) is 0 Å². The third kappa shape index (κ3) is 3.82. The molecule has 0 saturated heterocycles. The van der Waals surface area contributed by atoms with E-state index in [2.05, 4.69) is 140 Å². The fourth-order valence-electron chi connectivity index (χ4n) is 8.02. The fourth-order valence-corrected chi connectivity index (χ4v) is 9.16. The number of hydrogen-bond donors (Lipinski definition) is 0. The summed E-state index contributed by atoms with van der Waals surface area (Å²) in [5.74, 6) is 0.838. The van der Waals surface area contributed by atoms with Crippen LogP contribution in [-0.2, 0) is 0 Å². The van der Waals surface area contributed by atoms with E-state index in [0.717, 1.165) is 49.8 Å². The number of furan rings is 2. The van der Waals surface area contributed by atoms with E-state index in [4.69, 9.17) is 8.83 Å². The fraction of sp³-hybridized carbons (Fsp3) is 0. The molecule has 0 atom stereocenters. The monoisotopic (exact) mass is 642 g/mol. The molecule has 0 amide bonds. The van der Waals surface area contributed by atoms with Crippen molar-refractivity contribution in [2.45, 2.75) is 0 Å². The first-order valence-corrected chi connectivity index (χ1v) is 17.4. The summed E-state index contributed by atoms with van der Waals surface area (Å²) >= 11 is 1.87. The van der Waals surface area contributed by atoms with Gasteiger partial charge in [-0.25, -0.2) is 0 Å². The van der Waals surface area contributed by atoms with Gasteiger partial charge in [0.15, 0.2) is 11.2 Å². The van der Waals surface area contributed by atoms with E-state index >= 15 is 0 Å². The molecule has 0 fully saturated rings. The van der Waals surface area contributed by atoms with E-state index in [1.807, 2.05) is 29.5 Å². The van der Waals surface area contributed by atoms with Crippen LogP contribution in [0.25, 0.3) is 108 Å². The highest BCUT2D eigenvalue weighted by molar-refractivity contribution is 7.25. The SMILES string of the molecule is c1ccc(-c2cc3ccc4c(oc5cccc(-c6c7ccccc7c(-c7cccc8sc9ccccc9c78)c7ccccc67)c54)c3o2)cc1. The van der Waals surface area contributed by atoms with E-state index in [9.17, 15) is 0 Å². The third-order valence-corrected chi connectivity index (χ3v) is 11.2. The molecule has 228 valence electrons. The Balaban J connectivity index is 1.24. The lowest BCUT2D eigenvalue weighted by molar-refractivity contribution is 0.611. The molecule has 3 aromatic heterocycles. The molecule has 0 aliphatic carbocycles. The summed E-state index contributed by atoms with van der Waals surface area (Å²) in [6, 6.07) is 56.5. The van der Waals surface area contributed by atoms with Crippen molar-refractivity contribution < 1.29 is 8.83 Å². The average Bonchev–Trinajstić information content (AvgIpc) is 3.88. The highest BCUT2D eigenvalue weighted by atomic mass is 32.1. The Morgan fingerprint density at radius 2 is 0.980 bits per heavy atom. The standard InChI is InChI=1S/C46H26O2S/c1-2-12-27(13-3-1)38-26-28-24-25-36-43-34(19-10-21-37(43)47-46(36)45(28)48-38)41-29-14-4-6-16-31(29)42(32-17-7-5-15-30(32)41)35-20-11-23-40-44(35)33-18-8-9-22-39(33)49-40/h1-26H. The Hall–Kier alpha value is -6.16. The van der Waals surface area contributed by atoms with Crippen LogP contribution in [0.2, 0.25) is 0 Å². The maximum absolute atomic E-state index is 6.68. The molecule has 3 heteroatoms. The Labute approximate surface area is 285 Å². The second-order valence-electron chi connectivity index (χ2n) is 12.7. The molecule has 0 aliphatic rings. The highest BCUT2D eigenvalue weighted by Crippen LogP contribution is 2.50. The minimum Gasteiger partial charge on any atom is -0.452 e. The van der Waals surface area contributed by atoms with Crippen molar-refractivity contribution in [3.8, 4) is 33.6 Å². The number of benzene rings is 8. The Morgan fingerprint density at radius 3 is 1.69 bits per heavy atom. The van der Waals surface area contributed by atoms with Crippen LogP contribution in [0.4, 0.5) is 0 Å². The van der Waals surface area contributed by atoms with Crippen LogP contribution in [0.1, 0.15) is 0 Å². The summed E-state index contributed by atoms with van der Waals surface area (Å²) < 4.78 is 15.8.